The van der Waals surface area contributed by atoms with Crippen molar-refractivity contribution in [1.82, 2.24) is 0 Å². The number of esters is 1. The van der Waals surface area contributed by atoms with Gasteiger partial charge in [-0.05, 0) is 42.3 Å². The first-order valence-electron chi connectivity index (χ1n) is 6.23. The Morgan fingerprint density at radius 2 is 2.14 bits per heavy atom. The first-order valence-corrected chi connectivity index (χ1v) is 6.23. The Bertz CT molecular complexity index is 736. The summed E-state index contributed by atoms with van der Waals surface area (Å²) in [5, 5.41) is 8.77. The Labute approximate surface area is 121 Å². The van der Waals surface area contributed by atoms with Gasteiger partial charge < -0.3 is 10.5 Å². The van der Waals surface area contributed by atoms with Crippen LogP contribution in [-0.2, 0) is 11.3 Å². The van der Waals surface area contributed by atoms with Crippen molar-refractivity contribution in [3.8, 4) is 6.07 Å². The number of aryl methyl sites for hydroxylation is 1. The molecule has 0 radical (unpaired) electrons. The van der Waals surface area contributed by atoms with Gasteiger partial charge in [-0.3, -0.25) is 0 Å². The number of para-hydroxylation sites is 1. The fourth-order valence-electron chi connectivity index (χ4n) is 1.88. The lowest BCUT2D eigenvalue weighted by Crippen LogP contribution is -2.09. The molecule has 0 bridgehead atoms. The average molecular weight is 284 g/mol. The highest BCUT2D eigenvalue weighted by Crippen LogP contribution is 2.18. The van der Waals surface area contributed by atoms with Crippen LogP contribution in [0.2, 0.25) is 0 Å². The van der Waals surface area contributed by atoms with Gasteiger partial charge in [0.15, 0.2) is 0 Å². The third kappa shape index (κ3) is 3.37. The molecule has 2 rings (SSSR count). The number of nitrogens with two attached hydrogens (primary N) is 1. The molecule has 0 aromatic heterocycles. The predicted molar refractivity (Wildman–Crippen MR) is 75.8 cm³/mol. The molecule has 0 amide bonds. The van der Waals surface area contributed by atoms with Gasteiger partial charge in [-0.25, -0.2) is 9.18 Å². The van der Waals surface area contributed by atoms with Crippen LogP contribution in [-0.4, -0.2) is 5.97 Å². The summed E-state index contributed by atoms with van der Waals surface area (Å²) in [5.74, 6) is -1.13. The lowest BCUT2D eigenvalue weighted by molar-refractivity contribution is 0.0473. The molecular formula is C16H13FN2O2. The average Bonchev–Trinajstić information content (AvgIpc) is 2.47. The van der Waals surface area contributed by atoms with Crippen molar-refractivity contribution in [3.05, 3.63) is 64.5 Å². The van der Waals surface area contributed by atoms with Gasteiger partial charge in [-0.1, -0.05) is 12.1 Å². The lowest BCUT2D eigenvalue weighted by atomic mass is 10.1. The summed E-state index contributed by atoms with van der Waals surface area (Å²) < 4.78 is 18.4. The maximum atomic E-state index is 13.3. The van der Waals surface area contributed by atoms with Gasteiger partial charge in [0.2, 0.25) is 0 Å². The van der Waals surface area contributed by atoms with E-state index in [1.807, 2.05) is 6.07 Å². The normalized spacial score (nSPS) is 9.95. The van der Waals surface area contributed by atoms with Gasteiger partial charge in [0.05, 0.1) is 17.2 Å². The maximum Gasteiger partial charge on any atom is 0.340 e. The summed E-state index contributed by atoms with van der Waals surface area (Å²) in [5.41, 5.74) is 7.81. The van der Waals surface area contributed by atoms with E-state index in [4.69, 9.17) is 15.7 Å². The number of carbonyl (C=O) groups is 1. The van der Waals surface area contributed by atoms with Crippen LogP contribution in [0.1, 0.15) is 27.0 Å². The molecule has 0 aliphatic rings. The van der Waals surface area contributed by atoms with Crippen LogP contribution in [0.15, 0.2) is 36.4 Å². The predicted octanol–water partition coefficient (Wildman–Crippen LogP) is 2.95. The minimum atomic E-state index is -0.584. The van der Waals surface area contributed by atoms with Crippen LogP contribution in [0.4, 0.5) is 10.1 Å². The van der Waals surface area contributed by atoms with Crippen LogP contribution in [0.3, 0.4) is 0 Å². The van der Waals surface area contributed by atoms with Crippen LogP contribution in [0, 0.1) is 24.1 Å². The smallest absolute Gasteiger partial charge is 0.340 e. The van der Waals surface area contributed by atoms with E-state index in [1.54, 1.807) is 25.1 Å². The van der Waals surface area contributed by atoms with E-state index in [1.165, 1.54) is 12.1 Å². The van der Waals surface area contributed by atoms with Gasteiger partial charge >= 0.3 is 5.97 Å². The Kier molecular flexibility index (Phi) is 4.19. The maximum absolute atomic E-state index is 13.3. The summed E-state index contributed by atoms with van der Waals surface area (Å²) in [7, 11) is 0. The quantitative estimate of drug-likeness (QED) is 0.694. The third-order valence-electron chi connectivity index (χ3n) is 3.00. The number of carbonyl (C=O) groups excluding carboxylic acids is 1. The van der Waals surface area contributed by atoms with E-state index in [0.29, 0.717) is 11.3 Å². The van der Waals surface area contributed by atoms with Crippen molar-refractivity contribution in [2.45, 2.75) is 13.5 Å². The zero-order valence-electron chi connectivity index (χ0n) is 11.4. The van der Waals surface area contributed by atoms with Gasteiger partial charge in [0.1, 0.15) is 12.4 Å². The summed E-state index contributed by atoms with van der Waals surface area (Å²) in [4.78, 5) is 12.0. The van der Waals surface area contributed by atoms with Crippen molar-refractivity contribution in [3.63, 3.8) is 0 Å². The molecule has 106 valence electrons. The summed E-state index contributed by atoms with van der Waals surface area (Å²) in [6.45, 7) is 1.66. The standard InChI is InChI=1S/C16H13FN2O2/c1-10-3-2-4-14(15(10)19)16(20)21-9-12-5-11(8-18)6-13(17)7-12/h2-7H,9,19H2,1H3. The summed E-state index contributed by atoms with van der Waals surface area (Å²) >= 11 is 0. The van der Waals surface area contributed by atoms with E-state index in [-0.39, 0.29) is 17.7 Å². The molecule has 0 aliphatic heterocycles. The van der Waals surface area contributed by atoms with Crippen LogP contribution >= 0.6 is 0 Å². The second kappa shape index (κ2) is 6.06. The number of nitriles is 1. The molecule has 0 spiro atoms. The molecule has 0 heterocycles. The van der Waals surface area contributed by atoms with Crippen LogP contribution in [0.25, 0.3) is 0 Å². The van der Waals surface area contributed by atoms with Crippen LogP contribution in [0.5, 0.6) is 0 Å². The highest BCUT2D eigenvalue weighted by atomic mass is 19.1. The molecule has 2 aromatic rings. The molecule has 2 N–H and O–H groups in total. The Balaban J connectivity index is 2.13. The Morgan fingerprint density at radius 1 is 1.38 bits per heavy atom. The van der Waals surface area contributed by atoms with E-state index in [9.17, 15) is 9.18 Å². The second-order valence-corrected chi connectivity index (χ2v) is 4.57. The van der Waals surface area contributed by atoms with Gasteiger partial charge in [0, 0.05) is 5.69 Å². The molecular weight excluding hydrogens is 271 g/mol. The molecule has 0 saturated heterocycles. The van der Waals surface area contributed by atoms with Gasteiger partial charge in [0.25, 0.3) is 0 Å². The lowest BCUT2D eigenvalue weighted by Gasteiger charge is -2.09. The number of ether oxygens (including phenoxy) is 1. The number of nitrogens with zero attached hydrogens (tertiary/aromatic N) is 1. The fourth-order valence-corrected chi connectivity index (χ4v) is 1.88. The molecule has 21 heavy (non-hydrogen) atoms. The topological polar surface area (TPSA) is 76.1 Å². The number of nitrogen functional groups attached to an aromatic ring is 1. The van der Waals surface area contributed by atoms with Gasteiger partial charge in [-0.15, -0.1) is 0 Å². The fraction of sp³-hybridized carbons (Fsp3) is 0.125. The minimum absolute atomic E-state index is 0.126. The zero-order valence-corrected chi connectivity index (χ0v) is 11.4. The molecule has 0 atom stereocenters. The van der Waals surface area contributed by atoms with Crippen molar-refractivity contribution >= 4 is 11.7 Å². The molecule has 0 saturated carbocycles. The van der Waals surface area contributed by atoms with E-state index < -0.39 is 11.8 Å². The molecule has 5 heteroatoms. The minimum Gasteiger partial charge on any atom is -0.457 e. The van der Waals surface area contributed by atoms with E-state index in [0.717, 1.165) is 11.6 Å². The molecule has 2 aromatic carbocycles. The third-order valence-corrected chi connectivity index (χ3v) is 3.00. The number of hydrogen-bond acceptors (Lipinski definition) is 4. The monoisotopic (exact) mass is 284 g/mol. The molecule has 0 fully saturated rings. The first kappa shape index (κ1) is 14.5. The number of hydrogen-bond donors (Lipinski definition) is 1. The van der Waals surface area contributed by atoms with E-state index >= 15 is 0 Å². The van der Waals surface area contributed by atoms with Crippen molar-refractivity contribution in [2.24, 2.45) is 0 Å². The zero-order chi connectivity index (χ0) is 15.4. The summed E-state index contributed by atoms with van der Waals surface area (Å²) in [6, 6.07) is 10.7. The van der Waals surface area contributed by atoms with Gasteiger partial charge in [-0.2, -0.15) is 5.26 Å². The summed E-state index contributed by atoms with van der Waals surface area (Å²) in [6.07, 6.45) is 0. The molecule has 4 nitrogen and oxygen atoms in total. The number of halogens is 1. The first-order chi connectivity index (χ1) is 10.0. The highest BCUT2D eigenvalue weighted by Gasteiger charge is 2.13. The molecule has 0 aliphatic carbocycles. The largest absolute Gasteiger partial charge is 0.457 e. The second-order valence-electron chi connectivity index (χ2n) is 4.57. The van der Waals surface area contributed by atoms with Crippen LogP contribution < -0.4 is 5.73 Å². The highest BCUT2D eigenvalue weighted by molar-refractivity contribution is 5.95. The Hall–Kier alpha value is -2.87. The van der Waals surface area contributed by atoms with E-state index in [2.05, 4.69) is 0 Å². The SMILES string of the molecule is Cc1cccc(C(=O)OCc2cc(F)cc(C#N)c2)c1N. The Morgan fingerprint density at radius 3 is 2.86 bits per heavy atom. The number of benzene rings is 2. The van der Waals surface area contributed by atoms with Crippen molar-refractivity contribution in [1.29, 1.82) is 5.26 Å². The number of rotatable bonds is 3. The number of anilines is 1. The van der Waals surface area contributed by atoms with Crippen molar-refractivity contribution < 1.29 is 13.9 Å². The molecule has 0 unspecified atom stereocenters. The van der Waals surface area contributed by atoms with Crippen molar-refractivity contribution in [2.75, 3.05) is 5.73 Å².